The Kier molecular flexibility index (Phi) is 4.01. The number of amides is 2. The average molecular weight is 311 g/mol. The first-order valence-corrected chi connectivity index (χ1v) is 6.69. The van der Waals surface area contributed by atoms with Gasteiger partial charge in [0.15, 0.2) is 0 Å². The van der Waals surface area contributed by atoms with E-state index in [9.17, 15) is 9.59 Å². The summed E-state index contributed by atoms with van der Waals surface area (Å²) in [6.45, 7) is 2.55. The van der Waals surface area contributed by atoms with Crippen molar-refractivity contribution in [1.82, 2.24) is 10.2 Å². The number of hydrogen-bond acceptors (Lipinski definition) is 2. The fourth-order valence-corrected chi connectivity index (χ4v) is 2.48. The van der Waals surface area contributed by atoms with Crippen LogP contribution in [0.4, 0.5) is 0 Å². The second kappa shape index (κ2) is 5.52. The van der Waals surface area contributed by atoms with Gasteiger partial charge in [-0.15, -0.1) is 0 Å². The molecule has 96 valence electrons. The van der Waals surface area contributed by atoms with Crippen LogP contribution in [0.5, 0.6) is 0 Å². The molecule has 4 nitrogen and oxygen atoms in total. The van der Waals surface area contributed by atoms with Crippen LogP contribution >= 0.6 is 15.9 Å². The van der Waals surface area contributed by atoms with E-state index in [-0.39, 0.29) is 24.4 Å². The molecule has 0 bridgehead atoms. The topological polar surface area (TPSA) is 49.4 Å². The van der Waals surface area contributed by atoms with Gasteiger partial charge in [-0.2, -0.15) is 0 Å². The molecule has 0 spiro atoms. The Bertz CT molecular complexity index is 476. The van der Waals surface area contributed by atoms with Crippen LogP contribution in [0.15, 0.2) is 28.7 Å². The molecule has 1 fully saturated rings. The van der Waals surface area contributed by atoms with E-state index in [2.05, 4.69) is 21.2 Å². The summed E-state index contributed by atoms with van der Waals surface area (Å²) in [4.78, 5) is 25.0. The summed E-state index contributed by atoms with van der Waals surface area (Å²) in [5, 5.41) is 2.60. The molecule has 1 N–H and O–H groups in total. The number of rotatable bonds is 2. The summed E-state index contributed by atoms with van der Waals surface area (Å²) >= 11 is 3.42. The average Bonchev–Trinajstić information content (AvgIpc) is 2.51. The molecule has 1 aliphatic heterocycles. The standard InChI is InChI=1S/C13H15BrN2O2/c1-9(10-3-2-4-11(14)7-10)16-6-5-12(17)15-8-13(16)18/h2-4,7,9H,5-6,8H2,1H3,(H,15,17). The quantitative estimate of drug-likeness (QED) is 0.906. The van der Waals surface area contributed by atoms with Crippen molar-refractivity contribution in [3.05, 3.63) is 34.3 Å². The fraction of sp³-hybridized carbons (Fsp3) is 0.385. The van der Waals surface area contributed by atoms with Gasteiger partial charge in [0.05, 0.1) is 12.6 Å². The normalized spacial score (nSPS) is 18.2. The highest BCUT2D eigenvalue weighted by Crippen LogP contribution is 2.24. The third kappa shape index (κ3) is 2.90. The van der Waals surface area contributed by atoms with E-state index in [0.717, 1.165) is 10.0 Å². The Hall–Kier alpha value is -1.36. The van der Waals surface area contributed by atoms with Crippen LogP contribution in [-0.4, -0.2) is 29.8 Å². The molecule has 1 atom stereocenters. The van der Waals surface area contributed by atoms with Gasteiger partial charge in [-0.25, -0.2) is 0 Å². The molecule has 0 saturated carbocycles. The number of hydrogen-bond donors (Lipinski definition) is 1. The van der Waals surface area contributed by atoms with Gasteiger partial charge >= 0.3 is 0 Å². The highest BCUT2D eigenvalue weighted by molar-refractivity contribution is 9.10. The van der Waals surface area contributed by atoms with E-state index in [0.29, 0.717) is 13.0 Å². The van der Waals surface area contributed by atoms with E-state index in [1.165, 1.54) is 0 Å². The van der Waals surface area contributed by atoms with Crippen LogP contribution in [0.3, 0.4) is 0 Å². The molecule has 5 heteroatoms. The number of benzene rings is 1. The van der Waals surface area contributed by atoms with E-state index >= 15 is 0 Å². The third-order valence-corrected chi connectivity index (χ3v) is 3.63. The van der Waals surface area contributed by atoms with Gasteiger partial charge in [0, 0.05) is 17.4 Å². The number of nitrogens with zero attached hydrogens (tertiary/aromatic N) is 1. The zero-order valence-corrected chi connectivity index (χ0v) is 11.7. The molecular formula is C13H15BrN2O2. The van der Waals surface area contributed by atoms with Crippen LogP contribution in [0.1, 0.15) is 24.9 Å². The number of carbonyl (C=O) groups is 2. The minimum atomic E-state index is -0.0627. The molecule has 0 radical (unpaired) electrons. The van der Waals surface area contributed by atoms with Crippen molar-refractivity contribution >= 4 is 27.7 Å². The second-order valence-corrected chi connectivity index (χ2v) is 5.26. The Morgan fingerprint density at radius 3 is 2.89 bits per heavy atom. The summed E-state index contributed by atoms with van der Waals surface area (Å²) in [5.41, 5.74) is 1.06. The summed E-state index contributed by atoms with van der Waals surface area (Å²) in [5.74, 6) is -0.0967. The van der Waals surface area contributed by atoms with Crippen LogP contribution in [0.2, 0.25) is 0 Å². The van der Waals surface area contributed by atoms with Crippen molar-refractivity contribution in [3.8, 4) is 0 Å². The minimum absolute atomic E-state index is 0.0253. The van der Waals surface area contributed by atoms with Crippen LogP contribution in [0.25, 0.3) is 0 Å². The van der Waals surface area contributed by atoms with E-state index in [1.807, 2.05) is 31.2 Å². The maximum absolute atomic E-state index is 12.0. The molecule has 0 aliphatic carbocycles. The lowest BCUT2D eigenvalue weighted by atomic mass is 10.1. The van der Waals surface area contributed by atoms with E-state index in [1.54, 1.807) is 4.90 Å². The van der Waals surface area contributed by atoms with Crippen LogP contribution in [-0.2, 0) is 9.59 Å². The fourth-order valence-electron chi connectivity index (χ4n) is 2.07. The van der Waals surface area contributed by atoms with Gasteiger partial charge in [0.1, 0.15) is 0 Å². The summed E-state index contributed by atoms with van der Waals surface area (Å²) in [6, 6.07) is 7.86. The summed E-state index contributed by atoms with van der Waals surface area (Å²) in [7, 11) is 0. The number of carbonyl (C=O) groups excluding carboxylic acids is 2. The molecule has 2 rings (SSSR count). The molecule has 1 heterocycles. The lowest BCUT2D eigenvalue weighted by Crippen LogP contribution is -2.37. The maximum Gasteiger partial charge on any atom is 0.242 e. The first-order chi connectivity index (χ1) is 8.58. The minimum Gasteiger partial charge on any atom is -0.347 e. The van der Waals surface area contributed by atoms with Crippen molar-refractivity contribution in [1.29, 1.82) is 0 Å². The second-order valence-electron chi connectivity index (χ2n) is 4.34. The molecule has 1 aromatic carbocycles. The largest absolute Gasteiger partial charge is 0.347 e. The monoisotopic (exact) mass is 310 g/mol. The van der Waals surface area contributed by atoms with Gasteiger partial charge in [0.25, 0.3) is 0 Å². The lowest BCUT2D eigenvalue weighted by Gasteiger charge is -2.27. The van der Waals surface area contributed by atoms with Crippen molar-refractivity contribution in [3.63, 3.8) is 0 Å². The molecule has 2 amide bonds. The zero-order valence-electron chi connectivity index (χ0n) is 10.1. The van der Waals surface area contributed by atoms with Crippen LogP contribution < -0.4 is 5.32 Å². The predicted octanol–water partition coefficient (Wildman–Crippen LogP) is 1.86. The van der Waals surface area contributed by atoms with Crippen molar-refractivity contribution in [2.75, 3.05) is 13.1 Å². The molecule has 0 aromatic heterocycles. The van der Waals surface area contributed by atoms with Gasteiger partial charge in [-0.05, 0) is 24.6 Å². The molecule has 1 unspecified atom stereocenters. The Balaban J connectivity index is 2.19. The Morgan fingerprint density at radius 2 is 2.17 bits per heavy atom. The number of nitrogens with one attached hydrogen (secondary N) is 1. The SMILES string of the molecule is CC(c1cccc(Br)c1)N1CCC(=O)NCC1=O. The first-order valence-electron chi connectivity index (χ1n) is 5.89. The lowest BCUT2D eigenvalue weighted by molar-refractivity contribution is -0.132. The number of halogens is 1. The summed E-state index contributed by atoms with van der Waals surface area (Å²) in [6.07, 6.45) is 0.365. The van der Waals surface area contributed by atoms with E-state index < -0.39 is 0 Å². The van der Waals surface area contributed by atoms with Crippen LogP contribution in [0, 0.1) is 0 Å². The van der Waals surface area contributed by atoms with Crippen molar-refractivity contribution in [2.45, 2.75) is 19.4 Å². The van der Waals surface area contributed by atoms with Crippen molar-refractivity contribution < 1.29 is 9.59 Å². The van der Waals surface area contributed by atoms with Gasteiger partial charge in [-0.3, -0.25) is 9.59 Å². The molecule has 18 heavy (non-hydrogen) atoms. The van der Waals surface area contributed by atoms with Crippen molar-refractivity contribution in [2.24, 2.45) is 0 Å². The highest BCUT2D eigenvalue weighted by atomic mass is 79.9. The molecule has 1 aromatic rings. The Morgan fingerprint density at radius 1 is 1.39 bits per heavy atom. The van der Waals surface area contributed by atoms with Gasteiger partial charge in [-0.1, -0.05) is 28.1 Å². The summed E-state index contributed by atoms with van der Waals surface area (Å²) < 4.78 is 0.989. The molecule has 1 aliphatic rings. The molecule has 1 saturated heterocycles. The Labute approximate surface area is 114 Å². The zero-order chi connectivity index (χ0) is 13.1. The van der Waals surface area contributed by atoms with Gasteiger partial charge < -0.3 is 10.2 Å². The van der Waals surface area contributed by atoms with E-state index in [4.69, 9.17) is 0 Å². The van der Waals surface area contributed by atoms with Gasteiger partial charge in [0.2, 0.25) is 11.8 Å². The maximum atomic E-state index is 12.0. The smallest absolute Gasteiger partial charge is 0.242 e. The highest BCUT2D eigenvalue weighted by Gasteiger charge is 2.25. The molecular weight excluding hydrogens is 296 g/mol. The predicted molar refractivity (Wildman–Crippen MR) is 71.9 cm³/mol. The third-order valence-electron chi connectivity index (χ3n) is 3.14. The first kappa shape index (κ1) is 13.1.